The molecule has 0 saturated heterocycles. The molecule has 1 heterocycles. The fourth-order valence-corrected chi connectivity index (χ4v) is 3.08. The quantitative estimate of drug-likeness (QED) is 0.886. The second-order valence-electron chi connectivity index (χ2n) is 5.28. The van der Waals surface area contributed by atoms with E-state index >= 15 is 0 Å². The second-order valence-corrected chi connectivity index (χ2v) is 6.36. The zero-order valence-electron chi connectivity index (χ0n) is 11.1. The first kappa shape index (κ1) is 14.0. The highest BCUT2D eigenvalue weighted by molar-refractivity contribution is 7.15. The minimum Gasteiger partial charge on any atom is -0.477 e. The van der Waals surface area contributed by atoms with Crippen LogP contribution in [0, 0.1) is 5.41 Å². The zero-order chi connectivity index (χ0) is 14.2. The molecule has 19 heavy (non-hydrogen) atoms. The largest absolute Gasteiger partial charge is 0.477 e. The average Bonchev–Trinajstić information content (AvgIpc) is 2.83. The molecule has 2 rings (SSSR count). The number of amides is 1. The molecule has 0 aromatic carbocycles. The van der Waals surface area contributed by atoms with Crippen LogP contribution in [0.15, 0.2) is 12.1 Å². The predicted molar refractivity (Wildman–Crippen MR) is 71.7 cm³/mol. The summed E-state index contributed by atoms with van der Waals surface area (Å²) in [6, 6.07) is 3.05. The number of carboxylic acid groups (broad SMARTS) is 1. The number of rotatable bonds is 4. The first-order valence-corrected chi connectivity index (χ1v) is 6.84. The smallest absolute Gasteiger partial charge is 0.345 e. The van der Waals surface area contributed by atoms with E-state index in [-0.39, 0.29) is 28.3 Å². The molecule has 1 saturated carbocycles. The minimum absolute atomic E-state index is 0.0559. The van der Waals surface area contributed by atoms with Gasteiger partial charge in [-0.3, -0.25) is 4.79 Å². The SMILES string of the molecule is COC1CC(NC(=O)c2ccc(C(=O)O)s2)C1(C)C. The highest BCUT2D eigenvalue weighted by Gasteiger charge is 2.49. The summed E-state index contributed by atoms with van der Waals surface area (Å²) in [6.07, 6.45) is 0.933. The minimum atomic E-state index is -1.01. The zero-order valence-corrected chi connectivity index (χ0v) is 11.9. The van der Waals surface area contributed by atoms with Gasteiger partial charge < -0.3 is 15.2 Å². The maximum atomic E-state index is 12.0. The number of nitrogens with one attached hydrogen (secondary N) is 1. The highest BCUT2D eigenvalue weighted by atomic mass is 32.1. The average molecular weight is 283 g/mol. The fraction of sp³-hybridized carbons (Fsp3) is 0.538. The van der Waals surface area contributed by atoms with E-state index in [9.17, 15) is 9.59 Å². The van der Waals surface area contributed by atoms with Gasteiger partial charge in [0.05, 0.1) is 11.0 Å². The van der Waals surface area contributed by atoms with Gasteiger partial charge in [0, 0.05) is 18.6 Å². The Morgan fingerprint density at radius 3 is 2.53 bits per heavy atom. The Morgan fingerprint density at radius 1 is 1.42 bits per heavy atom. The monoisotopic (exact) mass is 283 g/mol. The normalized spacial score (nSPS) is 24.6. The molecule has 0 aliphatic heterocycles. The van der Waals surface area contributed by atoms with Crippen LogP contribution in [-0.4, -0.2) is 36.2 Å². The van der Waals surface area contributed by atoms with Crippen molar-refractivity contribution in [3.05, 3.63) is 21.9 Å². The predicted octanol–water partition coefficient (Wildman–Crippen LogP) is 1.99. The molecule has 0 bridgehead atoms. The number of hydrogen-bond acceptors (Lipinski definition) is 4. The molecule has 1 aromatic rings. The lowest BCUT2D eigenvalue weighted by Crippen LogP contribution is -2.61. The van der Waals surface area contributed by atoms with Gasteiger partial charge in [0.15, 0.2) is 0 Å². The van der Waals surface area contributed by atoms with E-state index in [2.05, 4.69) is 5.32 Å². The lowest BCUT2D eigenvalue weighted by molar-refractivity contribution is -0.0942. The van der Waals surface area contributed by atoms with Gasteiger partial charge >= 0.3 is 5.97 Å². The Hall–Kier alpha value is -1.40. The molecule has 2 N–H and O–H groups in total. The van der Waals surface area contributed by atoms with Gasteiger partial charge in [-0.25, -0.2) is 4.79 Å². The number of carbonyl (C=O) groups excluding carboxylic acids is 1. The molecule has 0 radical (unpaired) electrons. The van der Waals surface area contributed by atoms with Crippen LogP contribution in [0.4, 0.5) is 0 Å². The topological polar surface area (TPSA) is 75.6 Å². The Morgan fingerprint density at radius 2 is 2.05 bits per heavy atom. The number of ether oxygens (including phenoxy) is 1. The molecular weight excluding hydrogens is 266 g/mol. The third-order valence-electron chi connectivity index (χ3n) is 3.81. The summed E-state index contributed by atoms with van der Waals surface area (Å²) in [4.78, 5) is 23.4. The molecule has 1 aliphatic carbocycles. The summed E-state index contributed by atoms with van der Waals surface area (Å²) in [5.74, 6) is -1.22. The van der Waals surface area contributed by atoms with Crippen molar-refractivity contribution in [2.45, 2.75) is 32.4 Å². The van der Waals surface area contributed by atoms with Crippen molar-refractivity contribution in [2.75, 3.05) is 7.11 Å². The Kier molecular flexibility index (Phi) is 3.64. The van der Waals surface area contributed by atoms with Crippen molar-refractivity contribution in [3.63, 3.8) is 0 Å². The van der Waals surface area contributed by atoms with Crippen LogP contribution < -0.4 is 5.32 Å². The molecule has 2 unspecified atom stereocenters. The molecule has 1 aromatic heterocycles. The van der Waals surface area contributed by atoms with E-state index in [1.54, 1.807) is 13.2 Å². The van der Waals surface area contributed by atoms with Crippen molar-refractivity contribution in [2.24, 2.45) is 5.41 Å². The second kappa shape index (κ2) is 4.94. The molecule has 104 valence electrons. The van der Waals surface area contributed by atoms with Gasteiger partial charge in [-0.2, -0.15) is 0 Å². The van der Waals surface area contributed by atoms with E-state index in [0.717, 1.165) is 17.8 Å². The summed E-state index contributed by atoms with van der Waals surface area (Å²) >= 11 is 0.990. The summed E-state index contributed by atoms with van der Waals surface area (Å²) < 4.78 is 5.33. The van der Waals surface area contributed by atoms with Crippen LogP contribution in [0.3, 0.4) is 0 Å². The van der Waals surface area contributed by atoms with Crippen molar-refractivity contribution in [1.29, 1.82) is 0 Å². The third kappa shape index (κ3) is 2.50. The van der Waals surface area contributed by atoms with Gasteiger partial charge in [-0.15, -0.1) is 11.3 Å². The maximum absolute atomic E-state index is 12.0. The van der Waals surface area contributed by atoms with Crippen molar-refractivity contribution < 1.29 is 19.4 Å². The molecule has 0 spiro atoms. The first-order chi connectivity index (χ1) is 8.86. The molecule has 1 fully saturated rings. The Labute approximate surface area is 115 Å². The molecule has 1 aliphatic rings. The number of hydrogen-bond donors (Lipinski definition) is 2. The van der Waals surface area contributed by atoms with E-state index in [1.807, 2.05) is 13.8 Å². The summed E-state index contributed by atoms with van der Waals surface area (Å²) in [5.41, 5.74) is -0.0999. The third-order valence-corrected chi connectivity index (χ3v) is 4.88. The number of aromatic carboxylic acids is 1. The van der Waals surface area contributed by atoms with Crippen LogP contribution in [0.5, 0.6) is 0 Å². The van der Waals surface area contributed by atoms with Crippen molar-refractivity contribution in [3.8, 4) is 0 Å². The summed E-state index contributed by atoms with van der Waals surface area (Å²) in [7, 11) is 1.67. The van der Waals surface area contributed by atoms with Crippen LogP contribution >= 0.6 is 11.3 Å². The van der Waals surface area contributed by atoms with Gasteiger partial charge in [0.2, 0.25) is 0 Å². The number of methoxy groups -OCH3 is 1. The Bertz CT molecular complexity index is 508. The summed E-state index contributed by atoms with van der Waals surface area (Å²) in [5, 5.41) is 11.8. The molecular formula is C13H17NO4S. The standard InChI is InChI=1S/C13H17NO4S/c1-13(2)9(6-10(13)18-3)14-11(15)7-4-5-8(19-7)12(16)17/h4-5,9-10H,6H2,1-3H3,(H,14,15)(H,16,17). The van der Waals surface area contributed by atoms with Gasteiger partial charge in [-0.05, 0) is 18.6 Å². The van der Waals surface area contributed by atoms with Gasteiger partial charge in [0.25, 0.3) is 5.91 Å². The molecule has 2 atom stereocenters. The molecule has 5 nitrogen and oxygen atoms in total. The lowest BCUT2D eigenvalue weighted by atomic mass is 9.64. The van der Waals surface area contributed by atoms with E-state index in [1.165, 1.54) is 6.07 Å². The number of thiophene rings is 1. The van der Waals surface area contributed by atoms with E-state index < -0.39 is 5.97 Å². The maximum Gasteiger partial charge on any atom is 0.345 e. The number of carboxylic acids is 1. The molecule has 1 amide bonds. The number of carbonyl (C=O) groups is 2. The van der Waals surface area contributed by atoms with Crippen molar-refractivity contribution in [1.82, 2.24) is 5.32 Å². The first-order valence-electron chi connectivity index (χ1n) is 6.03. The highest BCUT2D eigenvalue weighted by Crippen LogP contribution is 2.42. The fourth-order valence-electron chi connectivity index (χ4n) is 2.33. The lowest BCUT2D eigenvalue weighted by Gasteiger charge is -2.51. The molecule has 6 heteroatoms. The van der Waals surface area contributed by atoms with E-state index in [0.29, 0.717) is 4.88 Å². The van der Waals surface area contributed by atoms with E-state index in [4.69, 9.17) is 9.84 Å². The summed E-state index contributed by atoms with van der Waals surface area (Å²) in [6.45, 7) is 4.10. The van der Waals surface area contributed by atoms with Crippen LogP contribution in [0.1, 0.15) is 39.6 Å². The van der Waals surface area contributed by atoms with Crippen LogP contribution in [0.25, 0.3) is 0 Å². The van der Waals surface area contributed by atoms with Crippen LogP contribution in [0.2, 0.25) is 0 Å². The van der Waals surface area contributed by atoms with Gasteiger partial charge in [-0.1, -0.05) is 13.8 Å². The van der Waals surface area contributed by atoms with Crippen LogP contribution in [-0.2, 0) is 4.74 Å². The van der Waals surface area contributed by atoms with Gasteiger partial charge in [0.1, 0.15) is 4.88 Å². The van der Waals surface area contributed by atoms with Crippen molar-refractivity contribution >= 4 is 23.2 Å². The Balaban J connectivity index is 2.00.